The summed E-state index contributed by atoms with van der Waals surface area (Å²) in [6.07, 6.45) is -4.77. The highest BCUT2D eigenvalue weighted by Gasteiger charge is 2.33. The first kappa shape index (κ1) is 19.5. The lowest BCUT2D eigenvalue weighted by atomic mass is 10.2. The number of nitrogens with one attached hydrogen (secondary N) is 1. The highest BCUT2D eigenvalue weighted by molar-refractivity contribution is 7.93. The Morgan fingerprint density at radius 3 is 2.12 bits per heavy atom. The molecule has 0 fully saturated rings. The van der Waals surface area contributed by atoms with Gasteiger partial charge in [0.25, 0.3) is 10.0 Å². The number of hydrogen-bond acceptors (Lipinski definition) is 4. The van der Waals surface area contributed by atoms with E-state index < -0.39 is 52.3 Å². The van der Waals surface area contributed by atoms with Gasteiger partial charge >= 0.3 is 6.18 Å². The van der Waals surface area contributed by atoms with Crippen molar-refractivity contribution in [1.82, 2.24) is 0 Å². The highest BCUT2D eigenvalue weighted by Crippen LogP contribution is 2.36. The smallest absolute Gasteiger partial charge is 0.280 e. The molecule has 0 saturated heterocycles. The average Bonchev–Trinajstić information content (AvgIpc) is 2.47. The summed E-state index contributed by atoms with van der Waals surface area (Å²) >= 11 is 5.46. The summed E-state index contributed by atoms with van der Waals surface area (Å²) in [5.74, 6) is 0. The normalized spacial score (nSPS) is 12.8. The van der Waals surface area contributed by atoms with Crippen LogP contribution in [0.2, 0.25) is 5.02 Å². The molecule has 0 spiro atoms. The Morgan fingerprint density at radius 1 is 0.960 bits per heavy atom. The number of rotatable bonds is 4. The molecule has 2 aromatic rings. The number of hydrogen-bond donors (Lipinski definition) is 2. The molecule has 12 heteroatoms. The van der Waals surface area contributed by atoms with E-state index in [0.717, 1.165) is 36.4 Å². The Hall–Kier alpha value is -1.82. The molecule has 2 aromatic carbocycles. The van der Waals surface area contributed by atoms with Gasteiger partial charge in [0.2, 0.25) is 10.0 Å². The second-order valence-electron chi connectivity index (χ2n) is 4.82. The van der Waals surface area contributed by atoms with Crippen molar-refractivity contribution >= 4 is 37.3 Å². The fourth-order valence-electron chi connectivity index (χ4n) is 1.84. The first-order valence-corrected chi connectivity index (χ1v) is 9.74. The number of nitrogens with two attached hydrogens (primary N) is 1. The van der Waals surface area contributed by atoms with Gasteiger partial charge in [-0.25, -0.2) is 22.0 Å². The average molecular weight is 415 g/mol. The zero-order valence-corrected chi connectivity index (χ0v) is 14.5. The summed E-state index contributed by atoms with van der Waals surface area (Å²) in [7, 11) is -8.50. The van der Waals surface area contributed by atoms with Crippen molar-refractivity contribution in [1.29, 1.82) is 0 Å². The third-order valence-electron chi connectivity index (χ3n) is 2.97. The third kappa shape index (κ3) is 4.63. The SMILES string of the molecule is NS(=O)(=O)c1cccc(S(=O)(=O)Nc2ccc(Cl)c(C(F)(F)F)c2)c1. The molecule has 0 radical (unpaired) electrons. The molecule has 0 aliphatic rings. The van der Waals surface area contributed by atoms with Crippen molar-refractivity contribution in [3.8, 4) is 0 Å². The van der Waals surface area contributed by atoms with Gasteiger partial charge in [0.05, 0.1) is 20.4 Å². The lowest BCUT2D eigenvalue weighted by Crippen LogP contribution is -2.16. The van der Waals surface area contributed by atoms with E-state index in [0.29, 0.717) is 6.07 Å². The molecular weight excluding hydrogens is 405 g/mol. The molecular formula is C13H10ClF3N2O4S2. The van der Waals surface area contributed by atoms with E-state index in [2.05, 4.69) is 0 Å². The zero-order valence-electron chi connectivity index (χ0n) is 12.1. The second kappa shape index (κ2) is 6.48. The predicted molar refractivity (Wildman–Crippen MR) is 85.1 cm³/mol. The number of halogens is 4. The van der Waals surface area contributed by atoms with Crippen LogP contribution in [-0.2, 0) is 26.2 Å². The number of benzene rings is 2. The van der Waals surface area contributed by atoms with Crippen LogP contribution < -0.4 is 9.86 Å². The molecule has 0 unspecified atom stereocenters. The Bertz CT molecular complexity index is 1020. The van der Waals surface area contributed by atoms with Crippen LogP contribution in [0, 0.1) is 0 Å². The van der Waals surface area contributed by atoms with Crippen LogP contribution in [0.4, 0.5) is 18.9 Å². The molecule has 0 bridgehead atoms. The summed E-state index contributed by atoms with van der Waals surface area (Å²) in [6.45, 7) is 0. The summed E-state index contributed by atoms with van der Waals surface area (Å²) in [4.78, 5) is -0.940. The standard InChI is InChI=1S/C13H10ClF3N2O4S2/c14-12-5-4-8(6-11(12)13(15,16)17)19-25(22,23)10-3-1-2-9(7-10)24(18,20)21/h1-7,19H,(H2,18,20,21). The van der Waals surface area contributed by atoms with Crippen LogP contribution >= 0.6 is 11.6 Å². The summed E-state index contributed by atoms with van der Waals surface area (Å²) in [6, 6.07) is 6.54. The molecule has 2 rings (SSSR count). The quantitative estimate of drug-likeness (QED) is 0.802. The Morgan fingerprint density at radius 2 is 1.56 bits per heavy atom. The minimum atomic E-state index is -4.77. The van der Waals surface area contributed by atoms with E-state index >= 15 is 0 Å². The van der Waals surface area contributed by atoms with E-state index in [1.165, 1.54) is 0 Å². The maximum atomic E-state index is 12.8. The second-order valence-corrected chi connectivity index (χ2v) is 8.47. The van der Waals surface area contributed by atoms with Gasteiger partial charge in [-0.2, -0.15) is 13.2 Å². The largest absolute Gasteiger partial charge is 0.417 e. The molecule has 6 nitrogen and oxygen atoms in total. The summed E-state index contributed by atoms with van der Waals surface area (Å²) < 4.78 is 87.5. The van der Waals surface area contributed by atoms with Crippen LogP contribution in [0.15, 0.2) is 52.3 Å². The van der Waals surface area contributed by atoms with Gasteiger partial charge in [-0.1, -0.05) is 17.7 Å². The minimum Gasteiger partial charge on any atom is -0.280 e. The summed E-state index contributed by atoms with van der Waals surface area (Å²) in [5.41, 5.74) is -1.61. The lowest BCUT2D eigenvalue weighted by molar-refractivity contribution is -0.137. The van der Waals surface area contributed by atoms with Gasteiger partial charge in [0.15, 0.2) is 0 Å². The first-order chi connectivity index (χ1) is 11.3. The molecule has 0 saturated carbocycles. The van der Waals surface area contributed by atoms with Gasteiger partial charge in [0, 0.05) is 5.69 Å². The number of anilines is 1. The van der Waals surface area contributed by atoms with Crippen molar-refractivity contribution in [3.63, 3.8) is 0 Å². The topological polar surface area (TPSA) is 106 Å². The van der Waals surface area contributed by atoms with Crippen LogP contribution in [-0.4, -0.2) is 16.8 Å². The van der Waals surface area contributed by atoms with Gasteiger partial charge in [-0.3, -0.25) is 4.72 Å². The first-order valence-electron chi connectivity index (χ1n) is 6.33. The maximum Gasteiger partial charge on any atom is 0.417 e. The molecule has 0 aliphatic carbocycles. The fourth-order valence-corrected chi connectivity index (χ4v) is 3.79. The van der Waals surface area contributed by atoms with E-state index in [9.17, 15) is 30.0 Å². The number of sulfonamides is 2. The van der Waals surface area contributed by atoms with Gasteiger partial charge in [0.1, 0.15) is 0 Å². The molecule has 0 heterocycles. The van der Waals surface area contributed by atoms with Crippen molar-refractivity contribution in [2.75, 3.05) is 4.72 Å². The van der Waals surface area contributed by atoms with Crippen molar-refractivity contribution in [3.05, 3.63) is 53.1 Å². The van der Waals surface area contributed by atoms with Crippen LogP contribution in [0.3, 0.4) is 0 Å². The fraction of sp³-hybridized carbons (Fsp3) is 0.0769. The Kier molecular flexibility index (Phi) is 5.06. The Balaban J connectivity index is 2.44. The molecule has 0 aliphatic heterocycles. The lowest BCUT2D eigenvalue weighted by Gasteiger charge is -2.13. The zero-order chi connectivity index (χ0) is 19.0. The molecule has 136 valence electrons. The van der Waals surface area contributed by atoms with Gasteiger partial charge in [-0.15, -0.1) is 0 Å². The third-order valence-corrected chi connectivity index (χ3v) is 5.59. The van der Waals surface area contributed by atoms with Crippen LogP contribution in [0.5, 0.6) is 0 Å². The van der Waals surface area contributed by atoms with Crippen LogP contribution in [0.1, 0.15) is 5.56 Å². The molecule has 0 atom stereocenters. The monoisotopic (exact) mass is 414 g/mol. The minimum absolute atomic E-state index is 0.391. The van der Waals surface area contributed by atoms with Crippen molar-refractivity contribution in [2.45, 2.75) is 16.0 Å². The van der Waals surface area contributed by atoms with E-state index in [1.807, 2.05) is 4.72 Å². The van der Waals surface area contributed by atoms with E-state index in [1.54, 1.807) is 0 Å². The van der Waals surface area contributed by atoms with E-state index in [-0.39, 0.29) is 0 Å². The van der Waals surface area contributed by atoms with Crippen LogP contribution in [0.25, 0.3) is 0 Å². The molecule has 0 aromatic heterocycles. The number of alkyl halides is 3. The molecule has 25 heavy (non-hydrogen) atoms. The van der Waals surface area contributed by atoms with Crippen molar-refractivity contribution in [2.24, 2.45) is 5.14 Å². The van der Waals surface area contributed by atoms with E-state index in [4.69, 9.17) is 16.7 Å². The maximum absolute atomic E-state index is 12.8. The number of primary sulfonamides is 1. The predicted octanol–water partition coefficient (Wildman–Crippen LogP) is 2.81. The molecule has 3 N–H and O–H groups in total. The Labute approximate surface area is 146 Å². The highest BCUT2D eigenvalue weighted by atomic mass is 35.5. The van der Waals surface area contributed by atoms with Gasteiger partial charge < -0.3 is 0 Å². The van der Waals surface area contributed by atoms with Gasteiger partial charge in [-0.05, 0) is 36.4 Å². The molecule has 0 amide bonds. The summed E-state index contributed by atoms with van der Waals surface area (Å²) in [5, 5.41) is 4.33. The van der Waals surface area contributed by atoms with Crippen molar-refractivity contribution < 1.29 is 30.0 Å².